The van der Waals surface area contributed by atoms with Crippen LogP contribution >= 0.6 is 11.6 Å². The molecule has 0 bridgehead atoms. The number of aromatic nitrogens is 1. The third-order valence-electron chi connectivity index (χ3n) is 3.55. The second-order valence-electron chi connectivity index (χ2n) is 5.21. The number of pyridine rings is 1. The molecule has 0 radical (unpaired) electrons. The lowest BCUT2D eigenvalue weighted by Gasteiger charge is -2.33. The van der Waals surface area contributed by atoms with E-state index in [1.807, 2.05) is 0 Å². The Bertz CT molecular complexity index is 389. The van der Waals surface area contributed by atoms with Crippen LogP contribution < -0.4 is 5.32 Å². The van der Waals surface area contributed by atoms with Crippen LogP contribution in [-0.2, 0) is 0 Å². The highest BCUT2D eigenvalue weighted by Crippen LogP contribution is 2.35. The largest absolute Gasteiger partial charge is 0.367 e. The molecule has 94 valence electrons. The van der Waals surface area contributed by atoms with Crippen molar-refractivity contribution in [3.8, 4) is 0 Å². The van der Waals surface area contributed by atoms with Crippen LogP contribution in [0.1, 0.15) is 39.0 Å². The van der Waals surface area contributed by atoms with Crippen LogP contribution in [0.4, 0.5) is 10.2 Å². The molecule has 1 saturated carbocycles. The average Bonchev–Trinajstić information content (AvgIpc) is 2.29. The fraction of sp³-hybridized carbons (Fsp3) is 0.615. The zero-order chi connectivity index (χ0) is 12.3. The Labute approximate surface area is 107 Å². The van der Waals surface area contributed by atoms with Crippen molar-refractivity contribution in [2.75, 3.05) is 11.9 Å². The van der Waals surface area contributed by atoms with Crippen molar-refractivity contribution >= 4 is 17.4 Å². The van der Waals surface area contributed by atoms with Crippen LogP contribution in [0.25, 0.3) is 0 Å². The lowest BCUT2D eigenvalue weighted by molar-refractivity contribution is 0.233. The second kappa shape index (κ2) is 5.21. The normalized spacial score (nSPS) is 19.0. The van der Waals surface area contributed by atoms with Gasteiger partial charge in [0.1, 0.15) is 0 Å². The van der Waals surface area contributed by atoms with E-state index in [1.54, 1.807) is 0 Å². The predicted molar refractivity (Wildman–Crippen MR) is 68.9 cm³/mol. The first-order valence-corrected chi connectivity index (χ1v) is 6.52. The van der Waals surface area contributed by atoms with E-state index >= 15 is 0 Å². The summed E-state index contributed by atoms with van der Waals surface area (Å²) in [7, 11) is 0. The molecule has 1 heterocycles. The quantitative estimate of drug-likeness (QED) is 0.874. The molecule has 4 heteroatoms. The monoisotopic (exact) mass is 256 g/mol. The Balaban J connectivity index is 1.97. The third kappa shape index (κ3) is 3.32. The predicted octanol–water partition coefficient (Wildman–Crippen LogP) is 4.26. The van der Waals surface area contributed by atoms with Crippen molar-refractivity contribution in [2.45, 2.75) is 39.0 Å². The number of nitrogens with zero attached hydrogens (tertiary/aromatic N) is 1. The van der Waals surface area contributed by atoms with Gasteiger partial charge in [-0.05, 0) is 24.3 Å². The molecule has 0 aliphatic heterocycles. The summed E-state index contributed by atoms with van der Waals surface area (Å²) in [6.07, 6.45) is 7.74. The van der Waals surface area contributed by atoms with Gasteiger partial charge in [0.25, 0.3) is 0 Å². The van der Waals surface area contributed by atoms with Crippen LogP contribution in [-0.4, -0.2) is 11.5 Å². The molecule has 1 aliphatic carbocycles. The van der Waals surface area contributed by atoms with Gasteiger partial charge in [-0.1, -0.05) is 37.8 Å². The van der Waals surface area contributed by atoms with Crippen LogP contribution in [0.15, 0.2) is 12.3 Å². The maximum Gasteiger partial charge on any atom is 0.166 e. The molecule has 0 atom stereocenters. The smallest absolute Gasteiger partial charge is 0.166 e. The number of hydrogen-bond acceptors (Lipinski definition) is 2. The Morgan fingerprint density at radius 1 is 1.41 bits per heavy atom. The van der Waals surface area contributed by atoms with Crippen molar-refractivity contribution < 1.29 is 4.39 Å². The summed E-state index contributed by atoms with van der Waals surface area (Å²) in [6.45, 7) is 3.03. The molecular weight excluding hydrogens is 239 g/mol. The van der Waals surface area contributed by atoms with E-state index in [0.29, 0.717) is 10.8 Å². The van der Waals surface area contributed by atoms with Gasteiger partial charge >= 0.3 is 0 Å². The summed E-state index contributed by atoms with van der Waals surface area (Å²) in [6, 6.07) is 1.29. The minimum atomic E-state index is -0.378. The molecule has 1 aliphatic rings. The van der Waals surface area contributed by atoms with Crippen LogP contribution in [0.5, 0.6) is 0 Å². The van der Waals surface area contributed by atoms with Crippen molar-refractivity contribution in [2.24, 2.45) is 5.41 Å². The molecular formula is C13H18ClFN2. The van der Waals surface area contributed by atoms with Gasteiger partial charge in [-0.3, -0.25) is 0 Å². The lowest BCUT2D eigenvalue weighted by atomic mass is 9.76. The number of halogens is 2. The Hall–Kier alpha value is -0.830. The molecule has 1 N–H and O–H groups in total. The molecule has 2 rings (SSSR count). The zero-order valence-corrected chi connectivity index (χ0v) is 10.9. The summed E-state index contributed by atoms with van der Waals surface area (Å²) < 4.78 is 13.5. The molecule has 17 heavy (non-hydrogen) atoms. The summed E-state index contributed by atoms with van der Waals surface area (Å²) in [4.78, 5) is 3.98. The highest BCUT2D eigenvalue weighted by Gasteiger charge is 2.26. The number of nitrogens with one attached hydrogen (secondary N) is 1. The zero-order valence-electron chi connectivity index (χ0n) is 10.1. The van der Waals surface area contributed by atoms with E-state index in [2.05, 4.69) is 17.2 Å². The Kier molecular flexibility index (Phi) is 3.87. The van der Waals surface area contributed by atoms with Crippen molar-refractivity contribution in [3.63, 3.8) is 0 Å². The van der Waals surface area contributed by atoms with Crippen molar-refractivity contribution in [3.05, 3.63) is 23.1 Å². The van der Waals surface area contributed by atoms with Gasteiger partial charge in [0.2, 0.25) is 0 Å². The van der Waals surface area contributed by atoms with Gasteiger partial charge in [-0.2, -0.15) is 0 Å². The fourth-order valence-electron chi connectivity index (χ4n) is 2.42. The molecule has 0 saturated heterocycles. The van der Waals surface area contributed by atoms with Crippen LogP contribution in [0, 0.1) is 11.2 Å². The van der Waals surface area contributed by atoms with E-state index in [-0.39, 0.29) is 11.2 Å². The molecule has 2 nitrogen and oxygen atoms in total. The molecule has 1 fully saturated rings. The Morgan fingerprint density at radius 2 is 2.12 bits per heavy atom. The molecule has 0 unspecified atom stereocenters. The van der Waals surface area contributed by atoms with Gasteiger partial charge in [0, 0.05) is 12.7 Å². The molecule has 1 aromatic rings. The molecule has 0 aromatic carbocycles. The summed E-state index contributed by atoms with van der Waals surface area (Å²) in [5.41, 5.74) is 0.270. The standard InChI is InChI=1S/C13H18ClFN2/c1-13(5-3-2-4-6-13)9-17-12-11(15)7-10(14)8-16-12/h7-8H,2-6,9H2,1H3,(H,16,17). The van der Waals surface area contributed by atoms with Gasteiger partial charge in [0.15, 0.2) is 11.6 Å². The molecule has 1 aromatic heterocycles. The fourth-order valence-corrected chi connectivity index (χ4v) is 2.57. The summed E-state index contributed by atoms with van der Waals surface area (Å²) in [5.74, 6) is -0.0712. The van der Waals surface area contributed by atoms with Gasteiger partial charge in [0.05, 0.1) is 5.02 Å². The summed E-state index contributed by atoms with van der Waals surface area (Å²) in [5, 5.41) is 3.44. The first-order valence-electron chi connectivity index (χ1n) is 6.14. The topological polar surface area (TPSA) is 24.9 Å². The van der Waals surface area contributed by atoms with E-state index < -0.39 is 0 Å². The van der Waals surface area contributed by atoms with Crippen LogP contribution in [0.2, 0.25) is 5.02 Å². The number of hydrogen-bond donors (Lipinski definition) is 1. The number of anilines is 1. The molecule has 0 amide bonds. The highest BCUT2D eigenvalue weighted by molar-refractivity contribution is 6.30. The SMILES string of the molecule is CC1(CNc2ncc(Cl)cc2F)CCCCC1. The average molecular weight is 257 g/mol. The van der Waals surface area contributed by atoms with Crippen molar-refractivity contribution in [1.29, 1.82) is 0 Å². The lowest BCUT2D eigenvalue weighted by Crippen LogP contribution is -2.29. The Morgan fingerprint density at radius 3 is 2.76 bits per heavy atom. The molecule has 0 spiro atoms. The van der Waals surface area contributed by atoms with E-state index in [4.69, 9.17) is 11.6 Å². The van der Waals surface area contributed by atoms with Gasteiger partial charge in [-0.15, -0.1) is 0 Å². The summed E-state index contributed by atoms with van der Waals surface area (Å²) >= 11 is 5.66. The number of rotatable bonds is 3. The van der Waals surface area contributed by atoms with Gasteiger partial charge < -0.3 is 5.32 Å². The maximum atomic E-state index is 13.5. The second-order valence-corrected chi connectivity index (χ2v) is 5.65. The third-order valence-corrected chi connectivity index (χ3v) is 3.76. The minimum absolute atomic E-state index is 0.270. The first kappa shape index (κ1) is 12.6. The maximum absolute atomic E-state index is 13.5. The van der Waals surface area contributed by atoms with Crippen molar-refractivity contribution in [1.82, 2.24) is 4.98 Å². The van der Waals surface area contributed by atoms with Gasteiger partial charge in [-0.25, -0.2) is 9.37 Å². The minimum Gasteiger partial charge on any atom is -0.367 e. The van der Waals surface area contributed by atoms with E-state index in [9.17, 15) is 4.39 Å². The van der Waals surface area contributed by atoms with Crippen LogP contribution in [0.3, 0.4) is 0 Å². The first-order chi connectivity index (χ1) is 8.09. The van der Waals surface area contributed by atoms with E-state index in [0.717, 1.165) is 6.54 Å². The van der Waals surface area contributed by atoms with E-state index in [1.165, 1.54) is 44.4 Å². The highest BCUT2D eigenvalue weighted by atomic mass is 35.5.